The molecule has 0 atom stereocenters. The molecule has 0 amide bonds. The third-order valence-corrected chi connectivity index (χ3v) is 4.82. The smallest absolute Gasteiger partial charge is 0.271 e. The molecule has 7 heteroatoms. The molecule has 1 aliphatic rings. The van der Waals surface area contributed by atoms with Crippen LogP contribution < -0.4 is 10.5 Å². The molecule has 102 valence electrons. The Bertz CT molecular complexity index is 478. The van der Waals surface area contributed by atoms with Crippen LogP contribution in [-0.4, -0.2) is 26.5 Å². The minimum absolute atomic E-state index is 0.173. The van der Waals surface area contributed by atoms with Crippen LogP contribution in [0.5, 0.6) is 0 Å². The molecule has 1 aromatic rings. The van der Waals surface area contributed by atoms with Gasteiger partial charge in [-0.1, -0.05) is 0 Å². The van der Waals surface area contributed by atoms with E-state index in [1.807, 2.05) is 11.8 Å². The van der Waals surface area contributed by atoms with Crippen LogP contribution in [0, 0.1) is 5.92 Å². The van der Waals surface area contributed by atoms with Crippen molar-refractivity contribution in [2.24, 2.45) is 11.1 Å². The monoisotopic (exact) mass is 290 g/mol. The number of thioether (sulfide) groups is 1. The van der Waals surface area contributed by atoms with Gasteiger partial charge in [0, 0.05) is 0 Å². The summed E-state index contributed by atoms with van der Waals surface area (Å²) in [5.74, 6) is 3.80. The number of nitrogens with two attached hydrogens (primary N) is 1. The van der Waals surface area contributed by atoms with Crippen molar-refractivity contribution in [3.63, 3.8) is 0 Å². The molecule has 0 spiro atoms. The average Bonchev–Trinajstić information content (AvgIpc) is 2.79. The van der Waals surface area contributed by atoms with Gasteiger partial charge in [0.25, 0.3) is 10.0 Å². The van der Waals surface area contributed by atoms with Crippen molar-refractivity contribution in [2.45, 2.75) is 24.5 Å². The lowest BCUT2D eigenvalue weighted by molar-refractivity contribution is 0.385. The van der Waals surface area contributed by atoms with Crippen molar-refractivity contribution < 1.29 is 12.8 Å². The standard InChI is InChI=1S/C11H18N2O3S2/c12-18(14,15)11-2-1-10(16-11)8-13-7-9-3-5-17-6-4-9/h1-2,9,13H,3-8H2,(H2,12,14,15). The van der Waals surface area contributed by atoms with E-state index in [-0.39, 0.29) is 5.09 Å². The largest absolute Gasteiger partial charge is 0.447 e. The molecule has 1 aliphatic heterocycles. The number of furan rings is 1. The molecule has 1 saturated heterocycles. The Morgan fingerprint density at radius 3 is 2.72 bits per heavy atom. The SMILES string of the molecule is NS(=O)(=O)c1ccc(CNCC2CCSCC2)o1. The van der Waals surface area contributed by atoms with E-state index >= 15 is 0 Å². The van der Waals surface area contributed by atoms with Gasteiger partial charge in [-0.3, -0.25) is 0 Å². The summed E-state index contributed by atoms with van der Waals surface area (Å²) in [6.45, 7) is 1.49. The first-order valence-corrected chi connectivity index (χ1v) is 8.66. The summed E-state index contributed by atoms with van der Waals surface area (Å²) in [7, 11) is -3.72. The first kappa shape index (κ1) is 13.9. The number of sulfonamides is 1. The van der Waals surface area contributed by atoms with Crippen LogP contribution in [0.25, 0.3) is 0 Å². The predicted molar refractivity (Wildman–Crippen MR) is 71.8 cm³/mol. The molecule has 0 aromatic carbocycles. The molecule has 2 heterocycles. The Labute approximate surface area is 112 Å². The minimum atomic E-state index is -3.72. The molecule has 1 fully saturated rings. The molecule has 0 aliphatic carbocycles. The maximum absolute atomic E-state index is 11.0. The van der Waals surface area contributed by atoms with Gasteiger partial charge in [-0.15, -0.1) is 0 Å². The van der Waals surface area contributed by atoms with E-state index in [9.17, 15) is 8.42 Å². The predicted octanol–water partition coefficient (Wildman–Crippen LogP) is 1.16. The summed E-state index contributed by atoms with van der Waals surface area (Å²) in [5.41, 5.74) is 0. The van der Waals surface area contributed by atoms with E-state index in [2.05, 4.69) is 5.32 Å². The van der Waals surface area contributed by atoms with Gasteiger partial charge in [-0.05, 0) is 48.9 Å². The maximum Gasteiger partial charge on any atom is 0.271 e. The minimum Gasteiger partial charge on any atom is -0.447 e. The third-order valence-electron chi connectivity index (χ3n) is 2.99. The fourth-order valence-corrected chi connectivity index (χ4v) is 3.64. The lowest BCUT2D eigenvalue weighted by Crippen LogP contribution is -2.25. The number of primary sulfonamides is 1. The highest BCUT2D eigenvalue weighted by molar-refractivity contribution is 7.99. The van der Waals surface area contributed by atoms with Gasteiger partial charge in [-0.25, -0.2) is 13.6 Å². The fourth-order valence-electron chi connectivity index (χ4n) is 1.96. The Kier molecular flexibility index (Phi) is 4.71. The highest BCUT2D eigenvalue weighted by Crippen LogP contribution is 2.22. The molecule has 18 heavy (non-hydrogen) atoms. The van der Waals surface area contributed by atoms with Crippen molar-refractivity contribution >= 4 is 21.8 Å². The number of hydrogen-bond acceptors (Lipinski definition) is 5. The van der Waals surface area contributed by atoms with Crippen molar-refractivity contribution in [1.82, 2.24) is 5.32 Å². The maximum atomic E-state index is 11.0. The summed E-state index contributed by atoms with van der Waals surface area (Å²) < 4.78 is 27.2. The zero-order valence-corrected chi connectivity index (χ0v) is 11.7. The third kappa shape index (κ3) is 4.01. The first-order valence-electron chi connectivity index (χ1n) is 5.95. The zero-order valence-electron chi connectivity index (χ0n) is 10.1. The van der Waals surface area contributed by atoms with E-state index in [0.29, 0.717) is 12.3 Å². The molecule has 0 bridgehead atoms. The van der Waals surface area contributed by atoms with Crippen LogP contribution >= 0.6 is 11.8 Å². The van der Waals surface area contributed by atoms with Gasteiger partial charge in [0.1, 0.15) is 5.76 Å². The van der Waals surface area contributed by atoms with E-state index < -0.39 is 10.0 Å². The van der Waals surface area contributed by atoms with E-state index in [1.165, 1.54) is 30.4 Å². The van der Waals surface area contributed by atoms with Gasteiger partial charge < -0.3 is 9.73 Å². The molecular formula is C11H18N2O3S2. The second kappa shape index (κ2) is 6.10. The summed E-state index contributed by atoms with van der Waals surface area (Å²) in [4.78, 5) is 0. The van der Waals surface area contributed by atoms with E-state index in [1.54, 1.807) is 6.07 Å². The second-order valence-electron chi connectivity index (χ2n) is 4.45. The molecule has 3 N–H and O–H groups in total. The highest BCUT2D eigenvalue weighted by atomic mass is 32.2. The van der Waals surface area contributed by atoms with Crippen molar-refractivity contribution in [3.8, 4) is 0 Å². The van der Waals surface area contributed by atoms with Crippen LogP contribution in [0.4, 0.5) is 0 Å². The Morgan fingerprint density at radius 2 is 2.11 bits per heavy atom. The lowest BCUT2D eigenvalue weighted by atomic mass is 10.0. The van der Waals surface area contributed by atoms with E-state index in [4.69, 9.17) is 9.56 Å². The second-order valence-corrected chi connectivity index (χ2v) is 7.17. The van der Waals surface area contributed by atoms with Gasteiger partial charge in [0.15, 0.2) is 0 Å². The summed E-state index contributed by atoms with van der Waals surface area (Å²) >= 11 is 2.01. The van der Waals surface area contributed by atoms with E-state index in [0.717, 1.165) is 12.5 Å². The first-order chi connectivity index (χ1) is 8.55. The topological polar surface area (TPSA) is 85.3 Å². The van der Waals surface area contributed by atoms with Crippen LogP contribution in [0.15, 0.2) is 21.6 Å². The lowest BCUT2D eigenvalue weighted by Gasteiger charge is -2.21. The number of nitrogens with one attached hydrogen (secondary N) is 1. The molecule has 2 rings (SSSR count). The zero-order chi connectivity index (χ0) is 13.0. The van der Waals surface area contributed by atoms with Crippen molar-refractivity contribution in [2.75, 3.05) is 18.1 Å². The molecule has 5 nitrogen and oxygen atoms in total. The fraction of sp³-hybridized carbons (Fsp3) is 0.636. The van der Waals surface area contributed by atoms with Gasteiger partial charge in [0.05, 0.1) is 6.54 Å². The van der Waals surface area contributed by atoms with Crippen LogP contribution in [0.1, 0.15) is 18.6 Å². The number of rotatable bonds is 5. The Hall–Kier alpha value is -0.500. The van der Waals surface area contributed by atoms with Crippen molar-refractivity contribution in [3.05, 3.63) is 17.9 Å². The summed E-state index contributed by atoms with van der Waals surface area (Å²) in [6.07, 6.45) is 2.50. The molecular weight excluding hydrogens is 272 g/mol. The number of hydrogen-bond donors (Lipinski definition) is 2. The summed E-state index contributed by atoms with van der Waals surface area (Å²) in [5, 5.41) is 8.10. The molecule has 0 radical (unpaired) electrons. The molecule has 1 aromatic heterocycles. The Morgan fingerprint density at radius 1 is 1.39 bits per heavy atom. The average molecular weight is 290 g/mol. The highest BCUT2D eigenvalue weighted by Gasteiger charge is 2.15. The van der Waals surface area contributed by atoms with Gasteiger partial charge >= 0.3 is 0 Å². The molecule has 0 unspecified atom stereocenters. The van der Waals surface area contributed by atoms with Gasteiger partial charge in [-0.2, -0.15) is 11.8 Å². The van der Waals surface area contributed by atoms with Crippen LogP contribution in [0.3, 0.4) is 0 Å². The Balaban J connectivity index is 1.78. The normalized spacial score (nSPS) is 18.1. The van der Waals surface area contributed by atoms with Gasteiger partial charge in [0.2, 0.25) is 5.09 Å². The molecule has 0 saturated carbocycles. The van der Waals surface area contributed by atoms with Crippen LogP contribution in [-0.2, 0) is 16.6 Å². The van der Waals surface area contributed by atoms with Crippen molar-refractivity contribution in [1.29, 1.82) is 0 Å². The van der Waals surface area contributed by atoms with Crippen LogP contribution in [0.2, 0.25) is 0 Å². The quantitative estimate of drug-likeness (QED) is 0.850. The summed E-state index contributed by atoms with van der Waals surface area (Å²) in [6, 6.07) is 3.03.